The number of benzene rings is 1. The summed E-state index contributed by atoms with van der Waals surface area (Å²) in [5.41, 5.74) is 0.0951. The zero-order valence-corrected chi connectivity index (χ0v) is 14.4. The van der Waals surface area contributed by atoms with E-state index in [0.717, 1.165) is 18.2 Å². The van der Waals surface area contributed by atoms with Gasteiger partial charge in [-0.2, -0.15) is 0 Å². The van der Waals surface area contributed by atoms with Gasteiger partial charge < -0.3 is 14.6 Å². The lowest BCUT2D eigenvalue weighted by molar-refractivity contribution is -0.127. The fourth-order valence-electron chi connectivity index (χ4n) is 3.19. The molecule has 2 heterocycles. The Morgan fingerprint density at radius 2 is 2.12 bits per heavy atom. The molecule has 5 nitrogen and oxygen atoms in total. The topological polar surface area (TPSA) is 62.6 Å². The lowest BCUT2D eigenvalue weighted by atomic mass is 9.96. The van der Waals surface area contributed by atoms with Crippen molar-refractivity contribution in [2.75, 3.05) is 13.1 Å². The molecule has 26 heavy (non-hydrogen) atoms. The summed E-state index contributed by atoms with van der Waals surface area (Å²) in [4.78, 5) is 26.5. The third-order valence-electron chi connectivity index (χ3n) is 4.59. The second-order valence-electron chi connectivity index (χ2n) is 6.46. The predicted molar refractivity (Wildman–Crippen MR) is 90.3 cm³/mol. The lowest BCUT2D eigenvalue weighted by Gasteiger charge is -2.32. The van der Waals surface area contributed by atoms with Gasteiger partial charge in [-0.3, -0.25) is 9.59 Å². The number of furan rings is 1. The molecule has 2 atom stereocenters. The molecule has 2 unspecified atom stereocenters. The quantitative estimate of drug-likeness (QED) is 0.908. The molecule has 1 aromatic carbocycles. The van der Waals surface area contributed by atoms with Gasteiger partial charge in [-0.1, -0.05) is 0 Å². The minimum absolute atomic E-state index is 0.0951. The van der Waals surface area contributed by atoms with Gasteiger partial charge in [-0.15, -0.1) is 0 Å². The Morgan fingerprint density at radius 1 is 1.31 bits per heavy atom. The number of likely N-dealkylation sites (tertiary alicyclic amines) is 1. The van der Waals surface area contributed by atoms with Crippen molar-refractivity contribution in [3.8, 4) is 0 Å². The van der Waals surface area contributed by atoms with E-state index in [4.69, 9.17) is 4.42 Å². The average molecular weight is 362 g/mol. The highest BCUT2D eigenvalue weighted by atomic mass is 19.1. The first-order valence-corrected chi connectivity index (χ1v) is 8.54. The van der Waals surface area contributed by atoms with Gasteiger partial charge in [0.05, 0.1) is 18.2 Å². The molecule has 0 spiro atoms. The SMILES string of the molecule is CC(NC(=O)C1CCCN(C(=O)c2ccco2)C1)c1cc(F)ccc1F. The first-order valence-electron chi connectivity index (χ1n) is 8.54. The number of rotatable bonds is 4. The van der Waals surface area contributed by atoms with Crippen molar-refractivity contribution in [1.82, 2.24) is 10.2 Å². The molecule has 0 saturated carbocycles. The van der Waals surface area contributed by atoms with Gasteiger partial charge in [0.15, 0.2) is 5.76 Å². The fraction of sp³-hybridized carbons (Fsp3) is 0.368. The molecule has 1 aromatic heterocycles. The van der Waals surface area contributed by atoms with Gasteiger partial charge in [0.25, 0.3) is 5.91 Å². The van der Waals surface area contributed by atoms with E-state index >= 15 is 0 Å². The van der Waals surface area contributed by atoms with E-state index in [9.17, 15) is 18.4 Å². The number of nitrogens with zero attached hydrogens (tertiary/aromatic N) is 1. The van der Waals surface area contributed by atoms with Gasteiger partial charge >= 0.3 is 0 Å². The number of hydrogen-bond acceptors (Lipinski definition) is 3. The highest BCUT2D eigenvalue weighted by Crippen LogP contribution is 2.22. The van der Waals surface area contributed by atoms with E-state index < -0.39 is 23.6 Å². The van der Waals surface area contributed by atoms with Crippen LogP contribution in [0.15, 0.2) is 41.0 Å². The van der Waals surface area contributed by atoms with E-state index in [2.05, 4.69) is 5.32 Å². The number of hydrogen-bond donors (Lipinski definition) is 1. The van der Waals surface area contributed by atoms with Crippen molar-refractivity contribution in [1.29, 1.82) is 0 Å². The van der Waals surface area contributed by atoms with Crippen molar-refractivity contribution in [3.63, 3.8) is 0 Å². The second kappa shape index (κ2) is 7.68. The molecule has 1 fully saturated rings. The number of carbonyl (C=O) groups is 2. The number of carbonyl (C=O) groups excluding carboxylic acids is 2. The molecule has 0 aliphatic carbocycles. The van der Waals surface area contributed by atoms with Gasteiger partial charge in [0, 0.05) is 18.7 Å². The maximum atomic E-state index is 13.9. The fourth-order valence-corrected chi connectivity index (χ4v) is 3.19. The van der Waals surface area contributed by atoms with Gasteiger partial charge in [-0.05, 0) is 50.1 Å². The van der Waals surface area contributed by atoms with Crippen molar-refractivity contribution in [2.45, 2.75) is 25.8 Å². The number of amides is 2. The Kier molecular flexibility index (Phi) is 5.35. The van der Waals surface area contributed by atoms with E-state index in [1.54, 1.807) is 24.0 Å². The van der Waals surface area contributed by atoms with Gasteiger partial charge in [-0.25, -0.2) is 8.78 Å². The first kappa shape index (κ1) is 18.1. The second-order valence-corrected chi connectivity index (χ2v) is 6.46. The molecule has 3 rings (SSSR count). The van der Waals surface area contributed by atoms with Gasteiger partial charge in [0.2, 0.25) is 5.91 Å². The summed E-state index contributed by atoms with van der Waals surface area (Å²) in [7, 11) is 0. The Labute approximate surface area is 150 Å². The molecule has 0 radical (unpaired) electrons. The van der Waals surface area contributed by atoms with Crippen LogP contribution in [0.3, 0.4) is 0 Å². The molecular formula is C19H20F2N2O3. The van der Waals surface area contributed by atoms with Gasteiger partial charge in [0.1, 0.15) is 11.6 Å². The highest BCUT2D eigenvalue weighted by molar-refractivity contribution is 5.92. The Balaban J connectivity index is 1.64. The van der Waals surface area contributed by atoms with E-state index in [1.165, 1.54) is 6.26 Å². The van der Waals surface area contributed by atoms with Crippen LogP contribution in [0.5, 0.6) is 0 Å². The van der Waals surface area contributed by atoms with Crippen LogP contribution in [0.1, 0.15) is 41.9 Å². The van der Waals surface area contributed by atoms with Crippen LogP contribution >= 0.6 is 0 Å². The summed E-state index contributed by atoms with van der Waals surface area (Å²) >= 11 is 0. The van der Waals surface area contributed by atoms with Crippen LogP contribution in [0.25, 0.3) is 0 Å². The van der Waals surface area contributed by atoms with E-state index in [-0.39, 0.29) is 29.7 Å². The van der Waals surface area contributed by atoms with Crippen LogP contribution in [-0.4, -0.2) is 29.8 Å². The Hall–Kier alpha value is -2.70. The summed E-state index contributed by atoms with van der Waals surface area (Å²) in [5, 5.41) is 2.72. The zero-order chi connectivity index (χ0) is 18.7. The van der Waals surface area contributed by atoms with E-state index in [0.29, 0.717) is 19.4 Å². The first-order chi connectivity index (χ1) is 12.5. The lowest BCUT2D eigenvalue weighted by Crippen LogP contribution is -2.45. The average Bonchev–Trinajstić information content (AvgIpc) is 3.17. The molecule has 7 heteroatoms. The summed E-state index contributed by atoms with van der Waals surface area (Å²) < 4.78 is 32.3. The van der Waals surface area contributed by atoms with Crippen LogP contribution in [0.4, 0.5) is 8.78 Å². The highest BCUT2D eigenvalue weighted by Gasteiger charge is 2.30. The number of piperidine rings is 1. The maximum Gasteiger partial charge on any atom is 0.289 e. The molecule has 1 saturated heterocycles. The molecular weight excluding hydrogens is 342 g/mol. The molecule has 2 amide bonds. The molecule has 2 aromatic rings. The minimum atomic E-state index is -0.672. The summed E-state index contributed by atoms with van der Waals surface area (Å²) in [6, 6.07) is 5.70. The third kappa shape index (κ3) is 3.92. The van der Waals surface area contributed by atoms with Crippen LogP contribution in [-0.2, 0) is 4.79 Å². The molecule has 0 bridgehead atoms. The minimum Gasteiger partial charge on any atom is -0.459 e. The van der Waals surface area contributed by atoms with Crippen molar-refractivity contribution in [2.24, 2.45) is 5.92 Å². The summed E-state index contributed by atoms with van der Waals surface area (Å²) in [6.45, 7) is 2.42. The molecule has 138 valence electrons. The Bertz CT molecular complexity index is 792. The zero-order valence-electron chi connectivity index (χ0n) is 14.4. The largest absolute Gasteiger partial charge is 0.459 e. The van der Waals surface area contributed by atoms with Crippen molar-refractivity contribution in [3.05, 3.63) is 59.6 Å². The smallest absolute Gasteiger partial charge is 0.289 e. The van der Waals surface area contributed by atoms with Crippen molar-refractivity contribution < 1.29 is 22.8 Å². The van der Waals surface area contributed by atoms with E-state index in [1.807, 2.05) is 0 Å². The van der Waals surface area contributed by atoms with Crippen LogP contribution < -0.4 is 5.32 Å². The van der Waals surface area contributed by atoms with Crippen molar-refractivity contribution >= 4 is 11.8 Å². The number of halogens is 2. The molecule has 1 aliphatic heterocycles. The van der Waals surface area contributed by atoms with Crippen LogP contribution in [0.2, 0.25) is 0 Å². The maximum absolute atomic E-state index is 13.9. The monoisotopic (exact) mass is 362 g/mol. The standard InChI is InChI=1S/C19H20F2N2O3/c1-12(15-10-14(20)6-7-16(15)21)22-18(24)13-4-2-8-23(11-13)19(25)17-5-3-9-26-17/h3,5-7,9-10,12-13H,2,4,8,11H2,1H3,(H,22,24). The summed E-state index contributed by atoms with van der Waals surface area (Å²) in [5.74, 6) is -1.83. The normalized spacial score (nSPS) is 18.4. The Morgan fingerprint density at radius 3 is 2.85 bits per heavy atom. The predicted octanol–water partition coefficient (Wildman–Crippen LogP) is 3.29. The van der Waals surface area contributed by atoms with Crippen LogP contribution in [0, 0.1) is 17.6 Å². The third-order valence-corrected chi connectivity index (χ3v) is 4.59. The molecule has 1 N–H and O–H groups in total. The summed E-state index contributed by atoms with van der Waals surface area (Å²) in [6.07, 6.45) is 2.75. The molecule has 1 aliphatic rings. The number of nitrogens with one attached hydrogen (secondary N) is 1.